The molecule has 0 spiro atoms. The maximum absolute atomic E-state index is 5.49. The summed E-state index contributed by atoms with van der Waals surface area (Å²) in [5.74, 6) is 1.64. The molecule has 0 bridgehead atoms. The van der Waals surface area contributed by atoms with Crippen molar-refractivity contribution in [1.82, 2.24) is 14.9 Å². The number of rotatable bonds is 5. The lowest BCUT2D eigenvalue weighted by Gasteiger charge is -2.34. The van der Waals surface area contributed by atoms with Gasteiger partial charge in [0.25, 0.3) is 0 Å². The van der Waals surface area contributed by atoms with E-state index < -0.39 is 0 Å². The van der Waals surface area contributed by atoms with Crippen LogP contribution in [0.1, 0.15) is 6.92 Å². The molecule has 2 aliphatic rings. The third-order valence-corrected chi connectivity index (χ3v) is 5.26. The summed E-state index contributed by atoms with van der Waals surface area (Å²) in [6.45, 7) is 10.8. The molecule has 7 nitrogen and oxygen atoms in total. The zero-order valence-electron chi connectivity index (χ0n) is 16.0. The molecule has 0 atom stereocenters. The van der Waals surface area contributed by atoms with Gasteiger partial charge in [0.05, 0.1) is 24.6 Å². The molecule has 3 heterocycles. The second-order valence-electron chi connectivity index (χ2n) is 6.90. The molecular formula is C20H28N6O. The minimum absolute atomic E-state index is 0.774. The molecule has 1 aromatic heterocycles. The summed E-state index contributed by atoms with van der Waals surface area (Å²) in [5, 5.41) is 3.50. The molecule has 2 aliphatic heterocycles. The summed E-state index contributed by atoms with van der Waals surface area (Å²) in [6, 6.07) is 10.3. The normalized spacial score (nSPS) is 18.6. The summed E-state index contributed by atoms with van der Waals surface area (Å²) >= 11 is 0. The number of hydrogen-bond acceptors (Lipinski definition) is 7. The van der Waals surface area contributed by atoms with Gasteiger partial charge < -0.3 is 24.8 Å². The van der Waals surface area contributed by atoms with E-state index in [-0.39, 0.29) is 0 Å². The molecule has 0 radical (unpaired) electrons. The van der Waals surface area contributed by atoms with Crippen molar-refractivity contribution in [2.24, 2.45) is 0 Å². The highest BCUT2D eigenvalue weighted by Crippen LogP contribution is 2.29. The van der Waals surface area contributed by atoms with Gasteiger partial charge in [-0.2, -0.15) is 4.98 Å². The van der Waals surface area contributed by atoms with Crippen LogP contribution in [0.3, 0.4) is 0 Å². The number of likely N-dealkylation sites (N-methyl/N-ethyl adjacent to an activating group) is 1. The van der Waals surface area contributed by atoms with Gasteiger partial charge >= 0.3 is 0 Å². The molecule has 2 saturated heterocycles. The highest BCUT2D eigenvalue weighted by atomic mass is 16.5. The topological polar surface area (TPSA) is 56.8 Å². The van der Waals surface area contributed by atoms with E-state index in [9.17, 15) is 0 Å². The molecule has 2 aromatic rings. The second-order valence-corrected chi connectivity index (χ2v) is 6.90. The first kappa shape index (κ1) is 18.0. The Labute approximate surface area is 161 Å². The predicted octanol–water partition coefficient (Wildman–Crippen LogP) is 2.20. The number of aromatic nitrogens is 2. The lowest BCUT2D eigenvalue weighted by molar-refractivity contribution is 0.123. The van der Waals surface area contributed by atoms with Crippen molar-refractivity contribution < 1.29 is 4.74 Å². The quantitative estimate of drug-likeness (QED) is 0.868. The Hall–Kier alpha value is -2.38. The molecule has 27 heavy (non-hydrogen) atoms. The highest BCUT2D eigenvalue weighted by molar-refractivity contribution is 5.74. The Balaban J connectivity index is 1.49. The van der Waals surface area contributed by atoms with Crippen LogP contribution in [0.2, 0.25) is 0 Å². The number of piperazine rings is 1. The van der Waals surface area contributed by atoms with Gasteiger partial charge in [-0.05, 0) is 24.7 Å². The predicted molar refractivity (Wildman–Crippen MR) is 109 cm³/mol. The third kappa shape index (κ3) is 4.31. The fraction of sp³-hybridized carbons (Fsp3) is 0.500. The molecule has 1 aromatic carbocycles. The van der Waals surface area contributed by atoms with Crippen molar-refractivity contribution in [3.8, 4) is 0 Å². The van der Waals surface area contributed by atoms with E-state index in [1.165, 1.54) is 5.69 Å². The smallest absolute Gasteiger partial charge is 0.227 e. The standard InChI is InChI=1S/C20H28N6O/c1-2-24-9-11-26(12-10-24)20-21-8-7-19(23-20)22-17-5-3-4-6-18(17)25-13-15-27-16-14-25/h3-8H,2,9-16H2,1H3,(H,21,22,23). The Bertz CT molecular complexity index is 741. The summed E-state index contributed by atoms with van der Waals surface area (Å²) in [5.41, 5.74) is 2.26. The molecule has 4 rings (SSSR count). The highest BCUT2D eigenvalue weighted by Gasteiger charge is 2.19. The summed E-state index contributed by atoms with van der Waals surface area (Å²) in [6.07, 6.45) is 1.84. The molecular weight excluding hydrogens is 340 g/mol. The van der Waals surface area contributed by atoms with E-state index in [4.69, 9.17) is 9.72 Å². The molecule has 144 valence electrons. The molecule has 2 fully saturated rings. The fourth-order valence-electron chi connectivity index (χ4n) is 3.63. The van der Waals surface area contributed by atoms with Crippen LogP contribution in [0.5, 0.6) is 0 Å². The first-order valence-electron chi connectivity index (χ1n) is 9.82. The number of para-hydroxylation sites is 2. The van der Waals surface area contributed by atoms with Crippen LogP contribution in [-0.2, 0) is 4.74 Å². The zero-order valence-corrected chi connectivity index (χ0v) is 16.0. The largest absolute Gasteiger partial charge is 0.378 e. The Morgan fingerprint density at radius 2 is 1.74 bits per heavy atom. The number of benzene rings is 1. The van der Waals surface area contributed by atoms with Crippen LogP contribution in [0.25, 0.3) is 0 Å². The number of nitrogens with zero attached hydrogens (tertiary/aromatic N) is 5. The van der Waals surface area contributed by atoms with Crippen molar-refractivity contribution in [2.45, 2.75) is 6.92 Å². The van der Waals surface area contributed by atoms with E-state index in [1.54, 1.807) is 0 Å². The molecule has 1 N–H and O–H groups in total. The number of morpholine rings is 1. The summed E-state index contributed by atoms with van der Waals surface area (Å²) in [7, 11) is 0. The van der Waals surface area contributed by atoms with Crippen LogP contribution in [0.4, 0.5) is 23.1 Å². The van der Waals surface area contributed by atoms with Gasteiger partial charge in [-0.1, -0.05) is 19.1 Å². The first-order valence-corrected chi connectivity index (χ1v) is 9.82. The number of anilines is 4. The van der Waals surface area contributed by atoms with Gasteiger partial charge in [-0.25, -0.2) is 4.98 Å². The maximum atomic E-state index is 5.49. The Morgan fingerprint density at radius 1 is 0.963 bits per heavy atom. The lowest BCUT2D eigenvalue weighted by Crippen LogP contribution is -2.46. The van der Waals surface area contributed by atoms with E-state index in [0.29, 0.717) is 0 Å². The average Bonchev–Trinajstić information content (AvgIpc) is 2.75. The maximum Gasteiger partial charge on any atom is 0.227 e. The third-order valence-electron chi connectivity index (χ3n) is 5.26. The average molecular weight is 368 g/mol. The van der Waals surface area contributed by atoms with Crippen molar-refractivity contribution in [1.29, 1.82) is 0 Å². The van der Waals surface area contributed by atoms with E-state index in [1.807, 2.05) is 12.3 Å². The van der Waals surface area contributed by atoms with Gasteiger partial charge in [-0.3, -0.25) is 0 Å². The van der Waals surface area contributed by atoms with Crippen LogP contribution in [0.15, 0.2) is 36.5 Å². The summed E-state index contributed by atoms with van der Waals surface area (Å²) in [4.78, 5) is 16.4. The Kier molecular flexibility index (Phi) is 5.69. The first-order chi connectivity index (χ1) is 13.3. The monoisotopic (exact) mass is 368 g/mol. The zero-order chi connectivity index (χ0) is 18.5. The molecule has 0 amide bonds. The van der Waals surface area contributed by atoms with E-state index in [2.05, 4.69) is 56.2 Å². The van der Waals surface area contributed by atoms with Gasteiger partial charge in [0.1, 0.15) is 5.82 Å². The lowest BCUT2D eigenvalue weighted by atomic mass is 10.2. The fourth-order valence-corrected chi connectivity index (χ4v) is 3.63. The molecule has 0 unspecified atom stereocenters. The van der Waals surface area contributed by atoms with E-state index in [0.717, 1.165) is 76.5 Å². The summed E-state index contributed by atoms with van der Waals surface area (Å²) < 4.78 is 5.49. The SMILES string of the molecule is CCN1CCN(c2nccc(Nc3ccccc3N3CCOCC3)n2)CC1. The van der Waals surface area contributed by atoms with Crippen LogP contribution < -0.4 is 15.1 Å². The molecule has 7 heteroatoms. The van der Waals surface area contributed by atoms with Gasteiger partial charge in [-0.15, -0.1) is 0 Å². The van der Waals surface area contributed by atoms with Crippen LogP contribution in [-0.4, -0.2) is 73.9 Å². The molecule has 0 saturated carbocycles. The minimum atomic E-state index is 0.774. The van der Waals surface area contributed by atoms with Crippen molar-refractivity contribution >= 4 is 23.1 Å². The van der Waals surface area contributed by atoms with Crippen molar-refractivity contribution in [2.75, 3.05) is 74.1 Å². The number of nitrogens with one attached hydrogen (secondary N) is 1. The van der Waals surface area contributed by atoms with Crippen LogP contribution >= 0.6 is 0 Å². The van der Waals surface area contributed by atoms with Gasteiger partial charge in [0, 0.05) is 45.5 Å². The van der Waals surface area contributed by atoms with Crippen molar-refractivity contribution in [3.05, 3.63) is 36.5 Å². The minimum Gasteiger partial charge on any atom is -0.378 e. The number of ether oxygens (including phenoxy) is 1. The number of hydrogen-bond donors (Lipinski definition) is 1. The van der Waals surface area contributed by atoms with Crippen molar-refractivity contribution in [3.63, 3.8) is 0 Å². The van der Waals surface area contributed by atoms with E-state index >= 15 is 0 Å². The Morgan fingerprint density at radius 3 is 2.52 bits per heavy atom. The van der Waals surface area contributed by atoms with Gasteiger partial charge in [0.2, 0.25) is 5.95 Å². The second kappa shape index (κ2) is 8.54. The van der Waals surface area contributed by atoms with Gasteiger partial charge in [0.15, 0.2) is 0 Å². The molecule has 0 aliphatic carbocycles. The van der Waals surface area contributed by atoms with Crippen LogP contribution in [0, 0.1) is 0 Å².